The topological polar surface area (TPSA) is 65.9 Å². The molecule has 1 fully saturated rings. The summed E-state index contributed by atoms with van der Waals surface area (Å²) in [5.41, 5.74) is 0. The van der Waals surface area contributed by atoms with Crippen molar-refractivity contribution in [3.63, 3.8) is 0 Å². The molecule has 0 bridgehead atoms. The fraction of sp³-hybridized carbons (Fsp3) is 0.588. The number of guanidine groups is 1. The quantitative estimate of drug-likeness (QED) is 0.279. The summed E-state index contributed by atoms with van der Waals surface area (Å²) in [4.78, 5) is 4.55. The smallest absolute Gasteiger partial charge is 0.191 e. The lowest BCUT2D eigenvalue weighted by molar-refractivity contribution is 0.120. The van der Waals surface area contributed by atoms with Gasteiger partial charge in [-0.1, -0.05) is 18.2 Å². The largest absolute Gasteiger partial charge is 0.492 e. The Morgan fingerprint density at radius 3 is 2.57 bits per heavy atom. The first-order chi connectivity index (χ1) is 10.8. The maximum absolute atomic E-state index is 9.56. The number of hydrogen-bond acceptors (Lipinski definition) is 3. The number of para-hydroxylation sites is 1. The predicted molar refractivity (Wildman–Crippen MR) is 105 cm³/mol. The molecular weight excluding hydrogens is 405 g/mol. The summed E-state index contributed by atoms with van der Waals surface area (Å²) < 4.78 is 5.64. The van der Waals surface area contributed by atoms with Gasteiger partial charge in [0.1, 0.15) is 12.4 Å². The standard InChI is InChI=1S/C17H27N3O2.HI/c1-2-18-17(20-14-8-10-15(21)11-9-14)19-12-13-22-16-6-4-3-5-7-16;/h3-7,14-15,21H,2,8-13H2,1H3,(H2,18,19,20);1H. The van der Waals surface area contributed by atoms with Crippen LogP contribution in [-0.4, -0.2) is 42.9 Å². The molecule has 1 aliphatic carbocycles. The number of aliphatic hydroxyl groups is 1. The zero-order valence-corrected chi connectivity index (χ0v) is 16.0. The minimum absolute atomic E-state index is 0. The lowest BCUT2D eigenvalue weighted by Gasteiger charge is -2.27. The van der Waals surface area contributed by atoms with Gasteiger partial charge in [0.05, 0.1) is 12.6 Å². The molecule has 0 aliphatic heterocycles. The summed E-state index contributed by atoms with van der Waals surface area (Å²) in [6.45, 7) is 4.06. The second-order valence-corrected chi connectivity index (χ2v) is 5.57. The van der Waals surface area contributed by atoms with E-state index in [1.807, 2.05) is 30.3 Å². The molecule has 0 heterocycles. The van der Waals surface area contributed by atoms with Crippen molar-refractivity contribution in [2.45, 2.75) is 44.8 Å². The number of nitrogens with one attached hydrogen (secondary N) is 2. The van der Waals surface area contributed by atoms with Crippen LogP contribution in [-0.2, 0) is 0 Å². The van der Waals surface area contributed by atoms with Crippen molar-refractivity contribution in [1.82, 2.24) is 10.6 Å². The zero-order valence-electron chi connectivity index (χ0n) is 13.7. The molecule has 0 amide bonds. The van der Waals surface area contributed by atoms with Crippen LogP contribution in [0.2, 0.25) is 0 Å². The highest BCUT2D eigenvalue weighted by Gasteiger charge is 2.19. The Hall–Kier alpha value is -1.02. The van der Waals surface area contributed by atoms with Gasteiger partial charge in [-0.3, -0.25) is 0 Å². The van der Waals surface area contributed by atoms with Crippen molar-refractivity contribution in [2.24, 2.45) is 4.99 Å². The molecule has 0 radical (unpaired) electrons. The average Bonchev–Trinajstić information content (AvgIpc) is 2.55. The van der Waals surface area contributed by atoms with E-state index in [4.69, 9.17) is 4.74 Å². The summed E-state index contributed by atoms with van der Waals surface area (Å²) in [5.74, 6) is 1.71. The van der Waals surface area contributed by atoms with Gasteiger partial charge in [-0.2, -0.15) is 0 Å². The van der Waals surface area contributed by atoms with Gasteiger partial charge in [-0.15, -0.1) is 24.0 Å². The van der Waals surface area contributed by atoms with Crippen LogP contribution in [0.4, 0.5) is 0 Å². The summed E-state index contributed by atoms with van der Waals surface area (Å²) in [7, 11) is 0. The summed E-state index contributed by atoms with van der Waals surface area (Å²) in [5, 5.41) is 16.3. The molecule has 6 heteroatoms. The van der Waals surface area contributed by atoms with Crippen molar-refractivity contribution >= 4 is 29.9 Å². The van der Waals surface area contributed by atoms with Gasteiger partial charge in [0.2, 0.25) is 0 Å². The van der Waals surface area contributed by atoms with Crippen LogP contribution in [0.25, 0.3) is 0 Å². The number of aliphatic imine (C=N–C) groups is 1. The molecule has 0 aromatic heterocycles. The molecule has 3 N–H and O–H groups in total. The fourth-order valence-corrected chi connectivity index (χ4v) is 2.57. The van der Waals surface area contributed by atoms with Crippen molar-refractivity contribution < 1.29 is 9.84 Å². The highest BCUT2D eigenvalue weighted by Crippen LogP contribution is 2.18. The Kier molecular flexibility index (Phi) is 10.0. The Morgan fingerprint density at radius 2 is 1.91 bits per heavy atom. The fourth-order valence-electron chi connectivity index (χ4n) is 2.57. The predicted octanol–water partition coefficient (Wildman–Crippen LogP) is 2.54. The third-order valence-corrected chi connectivity index (χ3v) is 3.75. The molecular formula is C17H28IN3O2. The number of halogens is 1. The van der Waals surface area contributed by atoms with Crippen molar-refractivity contribution in [3.05, 3.63) is 30.3 Å². The van der Waals surface area contributed by atoms with Gasteiger partial charge in [-0.05, 0) is 44.7 Å². The van der Waals surface area contributed by atoms with Crippen LogP contribution in [0, 0.1) is 0 Å². The second kappa shape index (κ2) is 11.5. The molecule has 1 aromatic rings. The Labute approximate surface area is 155 Å². The summed E-state index contributed by atoms with van der Waals surface area (Å²) >= 11 is 0. The normalized spacial score (nSPS) is 21.2. The first-order valence-electron chi connectivity index (χ1n) is 8.18. The van der Waals surface area contributed by atoms with Crippen LogP contribution in [0.15, 0.2) is 35.3 Å². The van der Waals surface area contributed by atoms with Crippen molar-refractivity contribution in [2.75, 3.05) is 19.7 Å². The number of benzene rings is 1. The van der Waals surface area contributed by atoms with Crippen LogP contribution in [0.1, 0.15) is 32.6 Å². The number of ether oxygens (including phenoxy) is 1. The minimum Gasteiger partial charge on any atom is -0.492 e. The molecule has 0 unspecified atom stereocenters. The molecule has 1 aliphatic rings. The van der Waals surface area contributed by atoms with Gasteiger partial charge in [0.25, 0.3) is 0 Å². The van der Waals surface area contributed by atoms with Gasteiger partial charge in [0, 0.05) is 12.6 Å². The summed E-state index contributed by atoms with van der Waals surface area (Å²) in [6, 6.07) is 10.2. The van der Waals surface area contributed by atoms with E-state index in [1.165, 1.54) is 0 Å². The maximum atomic E-state index is 9.56. The minimum atomic E-state index is -0.128. The molecule has 130 valence electrons. The molecule has 0 spiro atoms. The molecule has 5 nitrogen and oxygen atoms in total. The van der Waals surface area contributed by atoms with Crippen LogP contribution >= 0.6 is 24.0 Å². The second-order valence-electron chi connectivity index (χ2n) is 5.57. The summed E-state index contributed by atoms with van der Waals surface area (Å²) in [6.07, 6.45) is 3.59. The lowest BCUT2D eigenvalue weighted by Crippen LogP contribution is -2.45. The monoisotopic (exact) mass is 433 g/mol. The molecule has 2 rings (SSSR count). The van der Waals surface area contributed by atoms with E-state index < -0.39 is 0 Å². The van der Waals surface area contributed by atoms with E-state index in [-0.39, 0.29) is 30.1 Å². The Morgan fingerprint density at radius 1 is 1.22 bits per heavy atom. The maximum Gasteiger partial charge on any atom is 0.191 e. The zero-order chi connectivity index (χ0) is 15.6. The van der Waals surface area contributed by atoms with E-state index in [0.29, 0.717) is 19.2 Å². The number of rotatable bonds is 6. The van der Waals surface area contributed by atoms with E-state index in [0.717, 1.165) is 43.9 Å². The van der Waals surface area contributed by atoms with Crippen LogP contribution in [0.3, 0.4) is 0 Å². The third-order valence-electron chi connectivity index (χ3n) is 3.75. The Bertz CT molecular complexity index is 448. The van der Waals surface area contributed by atoms with E-state index >= 15 is 0 Å². The lowest BCUT2D eigenvalue weighted by atomic mass is 9.93. The average molecular weight is 433 g/mol. The van der Waals surface area contributed by atoms with E-state index in [2.05, 4.69) is 22.5 Å². The highest BCUT2D eigenvalue weighted by atomic mass is 127. The molecule has 0 saturated heterocycles. The molecule has 0 atom stereocenters. The SMILES string of the molecule is CCNC(=NCCOc1ccccc1)NC1CCC(O)CC1.I. The van der Waals surface area contributed by atoms with Gasteiger partial charge in [0.15, 0.2) is 5.96 Å². The van der Waals surface area contributed by atoms with Crippen molar-refractivity contribution in [3.8, 4) is 5.75 Å². The van der Waals surface area contributed by atoms with Crippen molar-refractivity contribution in [1.29, 1.82) is 0 Å². The number of hydrogen-bond donors (Lipinski definition) is 3. The number of nitrogens with zero attached hydrogens (tertiary/aromatic N) is 1. The Balaban J connectivity index is 0.00000264. The first-order valence-corrected chi connectivity index (χ1v) is 8.18. The van der Waals surface area contributed by atoms with Gasteiger partial charge >= 0.3 is 0 Å². The molecule has 1 saturated carbocycles. The molecule has 1 aromatic carbocycles. The van der Waals surface area contributed by atoms with Gasteiger partial charge < -0.3 is 20.5 Å². The third kappa shape index (κ3) is 7.87. The van der Waals surface area contributed by atoms with Crippen LogP contribution in [0.5, 0.6) is 5.75 Å². The highest BCUT2D eigenvalue weighted by molar-refractivity contribution is 14.0. The first kappa shape index (κ1) is 20.0. The van der Waals surface area contributed by atoms with Gasteiger partial charge in [-0.25, -0.2) is 4.99 Å². The molecule has 23 heavy (non-hydrogen) atoms. The van der Waals surface area contributed by atoms with E-state index in [9.17, 15) is 5.11 Å². The number of aliphatic hydroxyl groups excluding tert-OH is 1. The van der Waals surface area contributed by atoms with E-state index in [1.54, 1.807) is 0 Å². The van der Waals surface area contributed by atoms with Crippen LogP contribution < -0.4 is 15.4 Å².